The van der Waals surface area contributed by atoms with Crippen LogP contribution in [0.15, 0.2) is 42.6 Å². The van der Waals surface area contributed by atoms with Crippen LogP contribution in [0, 0.1) is 11.2 Å². The van der Waals surface area contributed by atoms with Gasteiger partial charge in [0.05, 0.1) is 31.6 Å². The minimum atomic E-state index is -0.535. The second-order valence-electron chi connectivity index (χ2n) is 7.05. The van der Waals surface area contributed by atoms with Crippen molar-refractivity contribution in [1.29, 1.82) is 0 Å². The first-order valence-electron chi connectivity index (χ1n) is 8.77. The van der Waals surface area contributed by atoms with Gasteiger partial charge in [0.2, 0.25) is 0 Å². The summed E-state index contributed by atoms with van der Waals surface area (Å²) >= 11 is 0. The summed E-state index contributed by atoms with van der Waals surface area (Å²) in [5, 5.41) is 19.5. The van der Waals surface area contributed by atoms with Crippen LogP contribution < -0.4 is 0 Å². The van der Waals surface area contributed by atoms with Gasteiger partial charge in [-0.2, -0.15) is 0 Å². The molecule has 3 atom stereocenters. The zero-order valence-electron chi connectivity index (χ0n) is 14.0. The first-order valence-corrected chi connectivity index (χ1v) is 8.77. The molecule has 0 radical (unpaired) electrons. The van der Waals surface area contributed by atoms with Crippen LogP contribution in [0.5, 0.6) is 0 Å². The zero-order valence-corrected chi connectivity index (χ0v) is 14.0. The summed E-state index contributed by atoms with van der Waals surface area (Å²) in [6.07, 6.45) is 9.10. The third-order valence-corrected chi connectivity index (χ3v) is 5.45. The van der Waals surface area contributed by atoms with Gasteiger partial charge in [0, 0.05) is 11.0 Å². The molecular formula is C19H22FN3O2. The highest BCUT2D eigenvalue weighted by molar-refractivity contribution is 5.57. The Hall–Kier alpha value is -2.05. The fourth-order valence-electron chi connectivity index (χ4n) is 4.00. The average molecular weight is 343 g/mol. The lowest BCUT2D eigenvalue weighted by atomic mass is 9.68. The van der Waals surface area contributed by atoms with Gasteiger partial charge in [-0.25, -0.2) is 9.07 Å². The van der Waals surface area contributed by atoms with E-state index in [-0.39, 0.29) is 17.3 Å². The van der Waals surface area contributed by atoms with Crippen LogP contribution in [-0.4, -0.2) is 39.4 Å². The lowest BCUT2D eigenvalue weighted by Gasteiger charge is -2.44. The Labute approximate surface area is 146 Å². The summed E-state index contributed by atoms with van der Waals surface area (Å²) < 4.78 is 20.6. The van der Waals surface area contributed by atoms with Gasteiger partial charge in [-0.15, -0.1) is 5.10 Å². The van der Waals surface area contributed by atoms with Gasteiger partial charge in [-0.1, -0.05) is 23.8 Å². The number of nitrogens with zero attached hydrogens (tertiary/aromatic N) is 3. The number of aliphatic hydroxyl groups is 1. The van der Waals surface area contributed by atoms with E-state index in [1.54, 1.807) is 16.8 Å². The van der Waals surface area contributed by atoms with Crippen molar-refractivity contribution >= 4 is 0 Å². The molecule has 4 rings (SSSR count). The third-order valence-electron chi connectivity index (χ3n) is 5.45. The van der Waals surface area contributed by atoms with Crippen LogP contribution in [0.3, 0.4) is 0 Å². The molecule has 0 bridgehead atoms. The number of hydrogen-bond donors (Lipinski definition) is 1. The molecule has 6 heteroatoms. The van der Waals surface area contributed by atoms with Gasteiger partial charge in [0.15, 0.2) is 0 Å². The van der Waals surface area contributed by atoms with Crippen LogP contribution in [0.1, 0.15) is 31.7 Å². The quantitative estimate of drug-likeness (QED) is 0.851. The lowest BCUT2D eigenvalue weighted by Crippen LogP contribution is -2.47. The topological polar surface area (TPSA) is 60.2 Å². The second-order valence-corrected chi connectivity index (χ2v) is 7.05. The highest BCUT2D eigenvalue weighted by Gasteiger charge is 2.45. The predicted molar refractivity (Wildman–Crippen MR) is 91.3 cm³/mol. The number of ether oxygens (including phenoxy) is 1. The molecule has 1 aliphatic carbocycles. The minimum absolute atomic E-state index is 0.120. The summed E-state index contributed by atoms with van der Waals surface area (Å²) in [5.74, 6) is -0.276. The van der Waals surface area contributed by atoms with Crippen LogP contribution in [0.4, 0.5) is 4.39 Å². The molecule has 1 aromatic heterocycles. The maximum atomic E-state index is 13.1. The molecule has 5 nitrogen and oxygen atoms in total. The normalized spacial score (nSPS) is 29.7. The van der Waals surface area contributed by atoms with Crippen molar-refractivity contribution in [1.82, 2.24) is 15.0 Å². The molecule has 1 fully saturated rings. The number of aromatic nitrogens is 3. The largest absolute Gasteiger partial charge is 0.390 e. The Morgan fingerprint density at radius 2 is 2.08 bits per heavy atom. The molecule has 25 heavy (non-hydrogen) atoms. The molecule has 2 aliphatic rings. The van der Waals surface area contributed by atoms with Gasteiger partial charge >= 0.3 is 0 Å². The van der Waals surface area contributed by atoms with Crippen molar-refractivity contribution in [3.8, 4) is 11.3 Å². The summed E-state index contributed by atoms with van der Waals surface area (Å²) in [7, 11) is 0. The van der Waals surface area contributed by atoms with Crippen LogP contribution in [-0.2, 0) is 4.74 Å². The maximum Gasteiger partial charge on any atom is 0.123 e. The summed E-state index contributed by atoms with van der Waals surface area (Å²) in [6.45, 7) is 1.17. The van der Waals surface area contributed by atoms with Gasteiger partial charge in [-0.05, 0) is 43.5 Å². The van der Waals surface area contributed by atoms with Gasteiger partial charge in [0.1, 0.15) is 11.5 Å². The van der Waals surface area contributed by atoms with Gasteiger partial charge in [-0.3, -0.25) is 0 Å². The Balaban J connectivity index is 1.59. The molecule has 1 saturated carbocycles. The SMILES string of the molecule is O[C@@H]1[C@@H](n2cc(-c3ccc(F)cc3)nn2)CCC[C@@]12CC=CCOC2. The Morgan fingerprint density at radius 3 is 2.92 bits per heavy atom. The number of aliphatic hydroxyl groups excluding tert-OH is 1. The van der Waals surface area contributed by atoms with E-state index in [2.05, 4.69) is 16.4 Å². The number of rotatable bonds is 2. The van der Waals surface area contributed by atoms with Crippen molar-refractivity contribution in [2.75, 3.05) is 13.2 Å². The monoisotopic (exact) mass is 343 g/mol. The Morgan fingerprint density at radius 1 is 1.24 bits per heavy atom. The van der Waals surface area contributed by atoms with Crippen LogP contribution in [0.2, 0.25) is 0 Å². The molecule has 0 unspecified atom stereocenters. The van der Waals surface area contributed by atoms with Crippen LogP contribution in [0.25, 0.3) is 11.3 Å². The fraction of sp³-hybridized carbons (Fsp3) is 0.474. The van der Waals surface area contributed by atoms with Crippen molar-refractivity contribution in [2.24, 2.45) is 5.41 Å². The van der Waals surface area contributed by atoms with E-state index in [0.717, 1.165) is 31.2 Å². The van der Waals surface area contributed by atoms with E-state index in [9.17, 15) is 9.50 Å². The fourth-order valence-corrected chi connectivity index (χ4v) is 4.00. The predicted octanol–water partition coefficient (Wildman–Crippen LogP) is 3.13. The molecule has 0 amide bonds. The van der Waals surface area contributed by atoms with Gasteiger partial charge in [0.25, 0.3) is 0 Å². The highest BCUT2D eigenvalue weighted by Crippen LogP contribution is 2.45. The first kappa shape index (κ1) is 16.4. The summed E-state index contributed by atoms with van der Waals surface area (Å²) in [5.41, 5.74) is 1.25. The molecule has 2 aromatic rings. The number of halogens is 1. The van der Waals surface area contributed by atoms with Crippen molar-refractivity contribution in [2.45, 2.75) is 37.8 Å². The number of benzene rings is 1. The van der Waals surface area contributed by atoms with Gasteiger partial charge < -0.3 is 9.84 Å². The molecule has 1 aromatic carbocycles. The van der Waals surface area contributed by atoms with E-state index < -0.39 is 6.10 Å². The number of hydrogen-bond acceptors (Lipinski definition) is 4. The molecule has 1 aliphatic heterocycles. The highest BCUT2D eigenvalue weighted by atomic mass is 19.1. The Kier molecular flexibility index (Phi) is 4.39. The first-order chi connectivity index (χ1) is 12.2. The third kappa shape index (κ3) is 3.12. The zero-order chi connectivity index (χ0) is 17.3. The Bertz CT molecular complexity index is 758. The molecule has 1 N–H and O–H groups in total. The molecule has 132 valence electrons. The number of allylic oxidation sites excluding steroid dienone is 1. The lowest BCUT2D eigenvalue weighted by molar-refractivity contribution is -0.0875. The van der Waals surface area contributed by atoms with Crippen LogP contribution >= 0.6 is 0 Å². The smallest absolute Gasteiger partial charge is 0.123 e. The molecule has 1 spiro atoms. The molecule has 2 heterocycles. The van der Waals surface area contributed by atoms with Crippen molar-refractivity contribution in [3.05, 3.63) is 48.4 Å². The average Bonchev–Trinajstić information content (AvgIpc) is 2.99. The second kappa shape index (κ2) is 6.69. The summed E-state index contributed by atoms with van der Waals surface area (Å²) in [6, 6.07) is 6.08. The van der Waals surface area contributed by atoms with Crippen molar-refractivity contribution < 1.29 is 14.2 Å². The van der Waals surface area contributed by atoms with E-state index >= 15 is 0 Å². The van der Waals surface area contributed by atoms with E-state index in [0.29, 0.717) is 18.9 Å². The molecular weight excluding hydrogens is 321 g/mol. The van der Waals surface area contributed by atoms with Crippen molar-refractivity contribution in [3.63, 3.8) is 0 Å². The minimum Gasteiger partial charge on any atom is -0.390 e. The summed E-state index contributed by atoms with van der Waals surface area (Å²) in [4.78, 5) is 0. The van der Waals surface area contributed by atoms with E-state index in [4.69, 9.17) is 4.74 Å². The maximum absolute atomic E-state index is 13.1. The molecule has 0 saturated heterocycles. The standard InChI is InChI=1S/C19H22FN3O2/c20-15-7-5-14(6-8-15)16-12-23(22-21-16)17-4-3-10-19(18(17)24)9-1-2-11-25-13-19/h1-2,5-8,12,17-18,24H,3-4,9-11,13H2/t17-,18+,19+/m0/s1. The van der Waals surface area contributed by atoms with E-state index in [1.165, 1.54) is 12.1 Å². The van der Waals surface area contributed by atoms with E-state index in [1.807, 2.05) is 12.3 Å².